The van der Waals surface area contributed by atoms with Gasteiger partial charge in [0.15, 0.2) is 11.5 Å². The third-order valence-corrected chi connectivity index (χ3v) is 3.81. The van der Waals surface area contributed by atoms with Crippen molar-refractivity contribution in [3.8, 4) is 17.2 Å². The van der Waals surface area contributed by atoms with Gasteiger partial charge in [0.1, 0.15) is 19.1 Å². The summed E-state index contributed by atoms with van der Waals surface area (Å²) in [6, 6.07) is 12.0. The van der Waals surface area contributed by atoms with Crippen molar-refractivity contribution in [1.29, 1.82) is 0 Å². The first-order valence-corrected chi connectivity index (χ1v) is 8.94. The molecule has 0 saturated carbocycles. The second-order valence-corrected chi connectivity index (χ2v) is 6.24. The second kappa shape index (κ2) is 14.3. The van der Waals surface area contributed by atoms with E-state index >= 15 is 0 Å². The van der Waals surface area contributed by atoms with Crippen LogP contribution in [0.2, 0.25) is 0 Å². The molecule has 0 fully saturated rings. The average molecular weight is 391 g/mol. The van der Waals surface area contributed by atoms with Crippen LogP contribution in [0.5, 0.6) is 17.2 Å². The Balaban J connectivity index is 0.000000497. The SMILES string of the molecule is C=O.CNc1ccc(C)c(OCCN(C)C)c1.COc1ccc(C)cc1OC. The summed E-state index contributed by atoms with van der Waals surface area (Å²) in [5.41, 5.74) is 3.43. The van der Waals surface area contributed by atoms with Gasteiger partial charge < -0.3 is 29.2 Å². The molecular weight excluding hydrogens is 356 g/mol. The number of anilines is 1. The minimum absolute atomic E-state index is 0.723. The summed E-state index contributed by atoms with van der Waals surface area (Å²) in [6.07, 6.45) is 0. The summed E-state index contributed by atoms with van der Waals surface area (Å²) in [7, 11) is 9.26. The zero-order valence-electron chi connectivity index (χ0n) is 18.2. The van der Waals surface area contributed by atoms with E-state index in [1.165, 1.54) is 11.1 Å². The number of aryl methyl sites for hydroxylation is 2. The molecule has 6 heteroatoms. The highest BCUT2D eigenvalue weighted by Crippen LogP contribution is 2.26. The van der Waals surface area contributed by atoms with E-state index in [1.54, 1.807) is 14.2 Å². The number of methoxy groups -OCH3 is 2. The summed E-state index contributed by atoms with van der Waals surface area (Å²) in [5.74, 6) is 2.52. The number of ether oxygens (including phenoxy) is 3. The Morgan fingerprint density at radius 3 is 2.11 bits per heavy atom. The minimum atomic E-state index is 0.723. The molecule has 0 spiro atoms. The number of nitrogens with one attached hydrogen (secondary N) is 1. The van der Waals surface area contributed by atoms with E-state index in [1.807, 2.05) is 65.2 Å². The molecule has 2 aromatic rings. The monoisotopic (exact) mass is 390 g/mol. The van der Waals surface area contributed by atoms with Gasteiger partial charge in [-0.25, -0.2) is 0 Å². The Kier molecular flexibility index (Phi) is 12.9. The third kappa shape index (κ3) is 9.28. The largest absolute Gasteiger partial charge is 0.493 e. The maximum absolute atomic E-state index is 8.00. The first-order chi connectivity index (χ1) is 13.4. The number of hydrogen-bond donors (Lipinski definition) is 1. The fraction of sp³-hybridized carbons (Fsp3) is 0.409. The molecule has 2 rings (SSSR count). The predicted octanol–water partition coefficient (Wildman–Crippen LogP) is 3.80. The number of benzene rings is 2. The Bertz CT molecular complexity index is 690. The van der Waals surface area contributed by atoms with E-state index in [-0.39, 0.29) is 0 Å². The van der Waals surface area contributed by atoms with E-state index in [0.717, 1.165) is 36.1 Å². The number of rotatable bonds is 7. The number of likely N-dealkylation sites (N-methyl/N-ethyl adjacent to an activating group) is 1. The number of nitrogens with zero attached hydrogens (tertiary/aromatic N) is 1. The van der Waals surface area contributed by atoms with Crippen LogP contribution in [0.4, 0.5) is 5.69 Å². The summed E-state index contributed by atoms with van der Waals surface area (Å²) >= 11 is 0. The van der Waals surface area contributed by atoms with E-state index in [0.29, 0.717) is 0 Å². The molecule has 0 saturated heterocycles. The van der Waals surface area contributed by atoms with Gasteiger partial charge in [-0.15, -0.1) is 0 Å². The van der Waals surface area contributed by atoms with Crippen molar-refractivity contribution in [2.75, 3.05) is 53.8 Å². The lowest BCUT2D eigenvalue weighted by Crippen LogP contribution is -2.19. The quantitative estimate of drug-likeness (QED) is 0.776. The minimum Gasteiger partial charge on any atom is -0.493 e. The third-order valence-electron chi connectivity index (χ3n) is 3.81. The summed E-state index contributed by atoms with van der Waals surface area (Å²) < 4.78 is 15.9. The predicted molar refractivity (Wildman–Crippen MR) is 116 cm³/mol. The standard InChI is InChI=1S/C12H20N2O.C9H12O2.CH2O/c1-10-5-6-11(13-2)9-12(10)15-8-7-14(3)4;1-7-4-5-8(10-2)9(6-7)11-3;1-2/h5-6,9,13H,7-8H2,1-4H3;4-6H,1-3H3;1H2. The molecule has 0 aliphatic carbocycles. The molecule has 0 heterocycles. The molecule has 0 aromatic heterocycles. The van der Waals surface area contributed by atoms with E-state index in [4.69, 9.17) is 19.0 Å². The van der Waals surface area contributed by atoms with E-state index in [2.05, 4.69) is 23.2 Å². The molecule has 0 radical (unpaired) electrons. The van der Waals surface area contributed by atoms with Gasteiger partial charge in [-0.2, -0.15) is 0 Å². The van der Waals surface area contributed by atoms with Gasteiger partial charge >= 0.3 is 0 Å². The number of hydrogen-bond acceptors (Lipinski definition) is 6. The molecule has 0 amide bonds. The average Bonchev–Trinajstić information content (AvgIpc) is 2.71. The zero-order valence-corrected chi connectivity index (χ0v) is 18.2. The molecule has 28 heavy (non-hydrogen) atoms. The van der Waals surface area contributed by atoms with Crippen molar-refractivity contribution in [3.63, 3.8) is 0 Å². The lowest BCUT2D eigenvalue weighted by molar-refractivity contribution is -0.0979. The van der Waals surface area contributed by atoms with Crippen LogP contribution in [0.3, 0.4) is 0 Å². The van der Waals surface area contributed by atoms with Gasteiger partial charge in [-0.1, -0.05) is 12.1 Å². The van der Waals surface area contributed by atoms with Crippen LogP contribution in [0.25, 0.3) is 0 Å². The smallest absolute Gasteiger partial charge is 0.160 e. The Hall–Kier alpha value is -2.73. The van der Waals surface area contributed by atoms with Gasteiger partial charge in [0.2, 0.25) is 0 Å². The highest BCUT2D eigenvalue weighted by molar-refractivity contribution is 5.51. The van der Waals surface area contributed by atoms with Gasteiger partial charge in [-0.05, 0) is 57.3 Å². The van der Waals surface area contributed by atoms with Gasteiger partial charge in [0, 0.05) is 25.3 Å². The molecule has 6 nitrogen and oxygen atoms in total. The van der Waals surface area contributed by atoms with E-state index < -0.39 is 0 Å². The second-order valence-electron chi connectivity index (χ2n) is 6.24. The molecule has 0 aliphatic heterocycles. The van der Waals surface area contributed by atoms with Gasteiger partial charge in [-0.3, -0.25) is 0 Å². The van der Waals surface area contributed by atoms with Crippen LogP contribution in [0.1, 0.15) is 11.1 Å². The maximum Gasteiger partial charge on any atom is 0.160 e. The van der Waals surface area contributed by atoms with Crippen molar-refractivity contribution >= 4 is 12.5 Å². The van der Waals surface area contributed by atoms with Gasteiger partial charge in [0.05, 0.1) is 14.2 Å². The Labute approximate surface area is 169 Å². The van der Waals surface area contributed by atoms with Crippen molar-refractivity contribution in [2.24, 2.45) is 0 Å². The van der Waals surface area contributed by atoms with Crippen LogP contribution in [-0.4, -0.2) is 60.2 Å². The van der Waals surface area contributed by atoms with Crippen molar-refractivity contribution in [1.82, 2.24) is 4.90 Å². The van der Waals surface area contributed by atoms with Crippen molar-refractivity contribution in [2.45, 2.75) is 13.8 Å². The molecule has 0 bridgehead atoms. The lowest BCUT2D eigenvalue weighted by Gasteiger charge is -2.13. The number of carbonyl (C=O) groups is 1. The fourth-order valence-corrected chi connectivity index (χ4v) is 2.19. The van der Waals surface area contributed by atoms with Crippen LogP contribution >= 0.6 is 0 Å². The van der Waals surface area contributed by atoms with Crippen LogP contribution < -0.4 is 19.5 Å². The lowest BCUT2D eigenvalue weighted by atomic mass is 10.2. The normalized spacial score (nSPS) is 9.43. The van der Waals surface area contributed by atoms with Crippen LogP contribution in [0.15, 0.2) is 36.4 Å². The van der Waals surface area contributed by atoms with Crippen LogP contribution in [-0.2, 0) is 4.79 Å². The summed E-state index contributed by atoms with van der Waals surface area (Å²) in [6.45, 7) is 7.73. The van der Waals surface area contributed by atoms with Crippen molar-refractivity contribution in [3.05, 3.63) is 47.5 Å². The maximum atomic E-state index is 8.00. The molecule has 0 atom stereocenters. The molecule has 1 N–H and O–H groups in total. The Morgan fingerprint density at radius 2 is 1.57 bits per heavy atom. The summed E-state index contributed by atoms with van der Waals surface area (Å²) in [4.78, 5) is 10.1. The first kappa shape index (κ1) is 25.3. The molecule has 156 valence electrons. The highest BCUT2D eigenvalue weighted by Gasteiger charge is 2.01. The van der Waals surface area contributed by atoms with Crippen LogP contribution in [0, 0.1) is 13.8 Å². The first-order valence-electron chi connectivity index (χ1n) is 8.94. The van der Waals surface area contributed by atoms with Crippen molar-refractivity contribution < 1.29 is 19.0 Å². The summed E-state index contributed by atoms with van der Waals surface area (Å²) in [5, 5.41) is 3.10. The topological polar surface area (TPSA) is 60.0 Å². The zero-order chi connectivity index (χ0) is 21.5. The molecule has 2 aromatic carbocycles. The number of carbonyl (C=O) groups excluding carboxylic acids is 1. The highest BCUT2D eigenvalue weighted by atomic mass is 16.5. The fourth-order valence-electron chi connectivity index (χ4n) is 2.19. The van der Waals surface area contributed by atoms with E-state index in [9.17, 15) is 0 Å². The van der Waals surface area contributed by atoms with Gasteiger partial charge in [0.25, 0.3) is 0 Å². The Morgan fingerprint density at radius 1 is 0.929 bits per heavy atom. The molecule has 0 unspecified atom stereocenters. The molecule has 0 aliphatic rings. The molecular formula is C22H34N2O4.